The van der Waals surface area contributed by atoms with Crippen LogP contribution in [0.25, 0.3) is 0 Å². The third kappa shape index (κ3) is 3.77. The van der Waals surface area contributed by atoms with Crippen molar-refractivity contribution in [3.05, 3.63) is 46.4 Å². The molecule has 1 aromatic heterocycles. The Balaban J connectivity index is 2.03. The van der Waals surface area contributed by atoms with Gasteiger partial charge in [0.2, 0.25) is 0 Å². The fourth-order valence-electron chi connectivity index (χ4n) is 1.58. The van der Waals surface area contributed by atoms with Gasteiger partial charge in [-0.1, -0.05) is 19.1 Å². The number of aromatic nitrogens is 2. The number of benzene rings is 1. The van der Waals surface area contributed by atoms with Gasteiger partial charge in [-0.05, 0) is 46.6 Å². The van der Waals surface area contributed by atoms with Crippen LogP contribution in [0, 0.1) is 0 Å². The zero-order valence-electron chi connectivity index (χ0n) is 11.1. The first-order valence-electron chi connectivity index (χ1n) is 6.34. The lowest BCUT2D eigenvalue weighted by Gasteiger charge is -2.07. The SMILES string of the molecule is CCCNc1ccc(NC(=O)c2ccccc2Br)nn1. The van der Waals surface area contributed by atoms with Crippen LogP contribution >= 0.6 is 15.9 Å². The van der Waals surface area contributed by atoms with Crippen LogP contribution < -0.4 is 10.6 Å². The lowest BCUT2D eigenvalue weighted by molar-refractivity contribution is 0.102. The number of anilines is 2. The number of nitrogens with one attached hydrogen (secondary N) is 2. The maximum atomic E-state index is 12.1. The minimum atomic E-state index is -0.221. The molecule has 0 aliphatic carbocycles. The van der Waals surface area contributed by atoms with Crippen molar-refractivity contribution in [2.75, 3.05) is 17.2 Å². The molecule has 20 heavy (non-hydrogen) atoms. The molecule has 6 heteroatoms. The van der Waals surface area contributed by atoms with Crippen molar-refractivity contribution in [2.24, 2.45) is 0 Å². The lowest BCUT2D eigenvalue weighted by Crippen LogP contribution is -2.14. The minimum absolute atomic E-state index is 0.221. The van der Waals surface area contributed by atoms with E-state index in [1.165, 1.54) is 0 Å². The largest absolute Gasteiger partial charge is 0.369 e. The molecular formula is C14H15BrN4O. The van der Waals surface area contributed by atoms with Gasteiger partial charge >= 0.3 is 0 Å². The van der Waals surface area contributed by atoms with E-state index in [9.17, 15) is 4.79 Å². The summed E-state index contributed by atoms with van der Waals surface area (Å²) in [7, 11) is 0. The number of rotatable bonds is 5. The van der Waals surface area contributed by atoms with Crippen LogP contribution in [0.2, 0.25) is 0 Å². The maximum absolute atomic E-state index is 12.1. The van der Waals surface area contributed by atoms with Gasteiger partial charge in [0.25, 0.3) is 5.91 Å². The van der Waals surface area contributed by atoms with Gasteiger partial charge in [0, 0.05) is 11.0 Å². The molecular weight excluding hydrogens is 320 g/mol. The van der Waals surface area contributed by atoms with Crippen LogP contribution in [0.4, 0.5) is 11.6 Å². The average Bonchev–Trinajstić information content (AvgIpc) is 2.47. The molecule has 2 rings (SSSR count). The standard InChI is InChI=1S/C14H15BrN4O/c1-2-9-16-12-7-8-13(19-18-12)17-14(20)10-5-3-4-6-11(10)15/h3-8H,2,9H2,1H3,(H,16,18)(H,17,19,20). The Kier molecular flexibility index (Phi) is 5.06. The van der Waals surface area contributed by atoms with Crippen molar-refractivity contribution in [1.29, 1.82) is 0 Å². The van der Waals surface area contributed by atoms with E-state index in [0.717, 1.165) is 17.4 Å². The normalized spacial score (nSPS) is 10.1. The van der Waals surface area contributed by atoms with E-state index in [1.54, 1.807) is 18.2 Å². The van der Waals surface area contributed by atoms with Crippen molar-refractivity contribution in [2.45, 2.75) is 13.3 Å². The number of halogens is 1. The molecule has 0 aliphatic heterocycles. The molecule has 2 aromatic rings. The average molecular weight is 335 g/mol. The van der Waals surface area contributed by atoms with Crippen LogP contribution in [-0.2, 0) is 0 Å². The van der Waals surface area contributed by atoms with Crippen LogP contribution in [0.3, 0.4) is 0 Å². The van der Waals surface area contributed by atoms with E-state index in [-0.39, 0.29) is 5.91 Å². The monoisotopic (exact) mass is 334 g/mol. The Bertz CT molecular complexity index is 586. The van der Waals surface area contributed by atoms with Crippen molar-refractivity contribution >= 4 is 33.5 Å². The summed E-state index contributed by atoms with van der Waals surface area (Å²) in [6.07, 6.45) is 1.02. The highest BCUT2D eigenvalue weighted by Gasteiger charge is 2.10. The summed E-state index contributed by atoms with van der Waals surface area (Å²) < 4.78 is 0.742. The quantitative estimate of drug-likeness (QED) is 0.880. The van der Waals surface area contributed by atoms with Gasteiger partial charge < -0.3 is 10.6 Å². The molecule has 5 nitrogen and oxygen atoms in total. The van der Waals surface area contributed by atoms with E-state index in [2.05, 4.69) is 43.7 Å². The van der Waals surface area contributed by atoms with Gasteiger partial charge in [-0.25, -0.2) is 0 Å². The summed E-state index contributed by atoms with van der Waals surface area (Å²) in [6, 6.07) is 10.7. The fourth-order valence-corrected chi connectivity index (χ4v) is 2.04. The van der Waals surface area contributed by atoms with Gasteiger partial charge in [0.15, 0.2) is 5.82 Å². The van der Waals surface area contributed by atoms with Crippen LogP contribution in [0.1, 0.15) is 23.7 Å². The predicted molar refractivity (Wildman–Crippen MR) is 82.9 cm³/mol. The van der Waals surface area contributed by atoms with Gasteiger partial charge in [0.05, 0.1) is 5.56 Å². The Morgan fingerprint density at radius 2 is 1.85 bits per heavy atom. The summed E-state index contributed by atoms with van der Waals surface area (Å²) >= 11 is 3.34. The zero-order chi connectivity index (χ0) is 14.4. The highest BCUT2D eigenvalue weighted by atomic mass is 79.9. The van der Waals surface area contributed by atoms with E-state index in [4.69, 9.17) is 0 Å². The number of nitrogens with zero attached hydrogens (tertiary/aromatic N) is 2. The van der Waals surface area contributed by atoms with Gasteiger partial charge in [-0.2, -0.15) is 0 Å². The highest BCUT2D eigenvalue weighted by Crippen LogP contribution is 2.17. The molecule has 2 N–H and O–H groups in total. The lowest BCUT2D eigenvalue weighted by atomic mass is 10.2. The Labute approximate surface area is 125 Å². The van der Waals surface area contributed by atoms with Crippen LogP contribution in [-0.4, -0.2) is 22.6 Å². The third-order valence-corrected chi connectivity index (χ3v) is 3.27. The van der Waals surface area contributed by atoms with Crippen LogP contribution in [0.5, 0.6) is 0 Å². The van der Waals surface area contributed by atoms with Gasteiger partial charge in [-0.3, -0.25) is 4.79 Å². The maximum Gasteiger partial charge on any atom is 0.258 e. The minimum Gasteiger partial charge on any atom is -0.369 e. The Hall–Kier alpha value is -1.95. The number of hydrogen-bond acceptors (Lipinski definition) is 4. The number of amides is 1. The number of hydrogen-bond donors (Lipinski definition) is 2. The fraction of sp³-hybridized carbons (Fsp3) is 0.214. The molecule has 1 heterocycles. The number of carbonyl (C=O) groups excluding carboxylic acids is 1. The summed E-state index contributed by atoms with van der Waals surface area (Å²) in [4.78, 5) is 12.1. The van der Waals surface area contributed by atoms with Crippen molar-refractivity contribution in [3.63, 3.8) is 0 Å². The van der Waals surface area contributed by atoms with Crippen molar-refractivity contribution < 1.29 is 4.79 Å². The van der Waals surface area contributed by atoms with E-state index in [0.29, 0.717) is 17.2 Å². The summed E-state index contributed by atoms with van der Waals surface area (Å²) in [5, 5.41) is 13.8. The van der Waals surface area contributed by atoms with Gasteiger partial charge in [0.1, 0.15) is 5.82 Å². The zero-order valence-corrected chi connectivity index (χ0v) is 12.6. The van der Waals surface area contributed by atoms with Crippen molar-refractivity contribution in [3.8, 4) is 0 Å². The second kappa shape index (κ2) is 7.00. The first-order chi connectivity index (χ1) is 9.70. The molecule has 0 bridgehead atoms. The Morgan fingerprint density at radius 3 is 2.50 bits per heavy atom. The first kappa shape index (κ1) is 14.5. The van der Waals surface area contributed by atoms with Gasteiger partial charge in [-0.15, -0.1) is 10.2 Å². The van der Waals surface area contributed by atoms with E-state index in [1.807, 2.05) is 18.2 Å². The molecule has 1 amide bonds. The molecule has 0 radical (unpaired) electrons. The smallest absolute Gasteiger partial charge is 0.258 e. The summed E-state index contributed by atoms with van der Waals surface area (Å²) in [5.74, 6) is 0.902. The topological polar surface area (TPSA) is 66.9 Å². The van der Waals surface area contributed by atoms with Crippen molar-refractivity contribution in [1.82, 2.24) is 10.2 Å². The van der Waals surface area contributed by atoms with E-state index < -0.39 is 0 Å². The summed E-state index contributed by atoms with van der Waals surface area (Å²) in [6.45, 7) is 2.92. The van der Waals surface area contributed by atoms with E-state index >= 15 is 0 Å². The number of carbonyl (C=O) groups is 1. The molecule has 1 aromatic carbocycles. The van der Waals surface area contributed by atoms with Crippen LogP contribution in [0.15, 0.2) is 40.9 Å². The molecule has 0 spiro atoms. The molecule has 0 saturated carbocycles. The predicted octanol–water partition coefficient (Wildman–Crippen LogP) is 3.31. The summed E-state index contributed by atoms with van der Waals surface area (Å²) in [5.41, 5.74) is 0.558. The highest BCUT2D eigenvalue weighted by molar-refractivity contribution is 9.10. The molecule has 0 aliphatic rings. The Morgan fingerprint density at radius 1 is 1.15 bits per heavy atom. The molecule has 0 unspecified atom stereocenters. The second-order valence-corrected chi connectivity index (χ2v) is 5.02. The molecule has 0 fully saturated rings. The first-order valence-corrected chi connectivity index (χ1v) is 7.13. The molecule has 0 atom stereocenters. The third-order valence-electron chi connectivity index (χ3n) is 2.58. The molecule has 0 saturated heterocycles. The second-order valence-electron chi connectivity index (χ2n) is 4.16. The molecule has 104 valence electrons.